The Bertz CT molecular complexity index is 1770. The molecule has 0 heterocycles. The summed E-state index contributed by atoms with van der Waals surface area (Å²) < 4.78 is 28.2. The molecule has 6 aromatic carbocycles. The Hall–Kier alpha value is -4.60. The summed E-state index contributed by atoms with van der Waals surface area (Å²) in [7, 11) is 6.52. The van der Waals surface area contributed by atoms with Crippen molar-refractivity contribution in [1.29, 1.82) is 0 Å². The molecule has 0 aromatic heterocycles. The van der Waals surface area contributed by atoms with Gasteiger partial charge in [-0.2, -0.15) is 0 Å². The molecule has 0 N–H and O–H groups in total. The van der Waals surface area contributed by atoms with Gasteiger partial charge in [0.2, 0.25) is 0 Å². The van der Waals surface area contributed by atoms with Crippen LogP contribution in [0.25, 0.3) is 55.3 Å². The molecule has 0 saturated heterocycles. The first-order chi connectivity index (χ1) is 19.2. The molecule has 0 unspecified atom stereocenters. The Morgan fingerprint density at radius 3 is 1.55 bits per heavy atom. The predicted octanol–water partition coefficient (Wildman–Crippen LogP) is 9.98. The zero-order chi connectivity index (χ0) is 27.9. The van der Waals surface area contributed by atoms with Gasteiger partial charge in [0.25, 0.3) is 0 Å². The number of nitrogens with zero attached hydrogens (tertiary/aromatic N) is 1. The van der Waals surface area contributed by atoms with Crippen LogP contribution in [0.2, 0.25) is 0 Å². The minimum absolute atomic E-state index is 0.268. The van der Waals surface area contributed by atoms with E-state index in [0.717, 1.165) is 48.6 Å². The molecule has 1 nitrogen and oxygen atoms in total. The maximum Gasteiger partial charge on any atom is 0.132 e. The van der Waals surface area contributed by atoms with Crippen molar-refractivity contribution in [2.24, 2.45) is 0 Å². The van der Waals surface area contributed by atoms with Crippen LogP contribution in [0.15, 0.2) is 127 Å². The molecule has 0 aliphatic carbocycles. The highest BCUT2D eigenvalue weighted by Crippen LogP contribution is 2.37. The number of benzene rings is 6. The maximum absolute atomic E-state index is 13.7. The molecule has 196 valence electrons. The fourth-order valence-corrected chi connectivity index (χ4v) is 5.22. The van der Waals surface area contributed by atoms with Crippen LogP contribution in [-0.2, 0) is 0 Å². The number of halogens is 2. The molecular weight excluding hydrogens is 496 g/mol. The predicted molar refractivity (Wildman–Crippen MR) is 165 cm³/mol. The minimum Gasteiger partial charge on any atom is -0.298 e. The average molecular weight is 527 g/mol. The van der Waals surface area contributed by atoms with Gasteiger partial charge in [-0.1, -0.05) is 66.7 Å². The summed E-state index contributed by atoms with van der Waals surface area (Å²) in [5, 5.41) is 2.30. The van der Waals surface area contributed by atoms with Crippen LogP contribution in [0.4, 0.5) is 14.5 Å². The largest absolute Gasteiger partial charge is 0.298 e. The summed E-state index contributed by atoms with van der Waals surface area (Å²) in [6, 6.07) is 41.2. The summed E-state index contributed by atoms with van der Waals surface area (Å²) in [5.74, 6) is -0.536. The van der Waals surface area contributed by atoms with Crippen LogP contribution < -0.4 is 4.48 Å². The molecule has 0 aliphatic rings. The van der Waals surface area contributed by atoms with Gasteiger partial charge in [-0.15, -0.1) is 0 Å². The third-order valence-corrected chi connectivity index (χ3v) is 7.43. The third-order valence-electron chi connectivity index (χ3n) is 7.43. The molecule has 0 saturated carbocycles. The van der Waals surface area contributed by atoms with Gasteiger partial charge in [-0.05, 0) is 110 Å². The van der Waals surface area contributed by atoms with E-state index in [9.17, 15) is 8.78 Å². The van der Waals surface area contributed by atoms with Crippen molar-refractivity contribution in [1.82, 2.24) is 4.48 Å². The van der Waals surface area contributed by atoms with Gasteiger partial charge >= 0.3 is 0 Å². The van der Waals surface area contributed by atoms with Gasteiger partial charge in [-0.3, -0.25) is 4.48 Å². The topological polar surface area (TPSA) is 0 Å². The van der Waals surface area contributed by atoms with Gasteiger partial charge in [0.1, 0.15) is 17.3 Å². The standard InChI is InChI=1S/C37H30F2N/c1-40(2,3)35-8-4-6-27(24-35)28-14-19-37-29(20-28)7-5-9-36(37)32-22-30(25-10-15-33(38)16-11-25)21-31(23-32)26-12-17-34(39)18-13-26/h4-24H,1-3H3/q+1. The van der Waals surface area contributed by atoms with E-state index in [2.05, 4.69) is 100 Å². The van der Waals surface area contributed by atoms with Crippen molar-refractivity contribution in [3.05, 3.63) is 139 Å². The highest BCUT2D eigenvalue weighted by atomic mass is 19.1. The van der Waals surface area contributed by atoms with E-state index in [1.165, 1.54) is 41.1 Å². The first-order valence-corrected chi connectivity index (χ1v) is 13.4. The van der Waals surface area contributed by atoms with Gasteiger partial charge in [-0.25, -0.2) is 8.78 Å². The first-order valence-electron chi connectivity index (χ1n) is 13.4. The summed E-state index contributed by atoms with van der Waals surface area (Å²) in [6.07, 6.45) is 0. The Labute approximate surface area is 234 Å². The monoisotopic (exact) mass is 526 g/mol. The van der Waals surface area contributed by atoms with E-state index in [4.69, 9.17) is 0 Å². The smallest absolute Gasteiger partial charge is 0.132 e. The highest BCUT2D eigenvalue weighted by Gasteiger charge is 2.14. The van der Waals surface area contributed by atoms with Crippen LogP contribution in [0.5, 0.6) is 0 Å². The maximum atomic E-state index is 13.7. The van der Waals surface area contributed by atoms with Gasteiger partial charge in [0.05, 0.1) is 21.1 Å². The van der Waals surface area contributed by atoms with Gasteiger partial charge in [0, 0.05) is 6.07 Å². The first kappa shape index (κ1) is 25.7. The molecule has 40 heavy (non-hydrogen) atoms. The van der Waals surface area contributed by atoms with E-state index in [1.54, 1.807) is 24.3 Å². The lowest BCUT2D eigenvalue weighted by Crippen LogP contribution is -2.34. The van der Waals surface area contributed by atoms with E-state index in [0.29, 0.717) is 0 Å². The normalized spacial score (nSPS) is 11.6. The molecule has 0 atom stereocenters. The molecule has 3 heteroatoms. The second-order valence-corrected chi connectivity index (χ2v) is 11.1. The van der Waals surface area contributed by atoms with E-state index in [-0.39, 0.29) is 11.6 Å². The van der Waals surface area contributed by atoms with Crippen LogP contribution in [0.3, 0.4) is 0 Å². The molecular formula is C37H30F2N+. The zero-order valence-corrected chi connectivity index (χ0v) is 22.8. The van der Waals surface area contributed by atoms with Crippen molar-refractivity contribution < 1.29 is 8.78 Å². The lowest BCUT2D eigenvalue weighted by Gasteiger charge is -2.23. The number of hydrogen-bond acceptors (Lipinski definition) is 0. The van der Waals surface area contributed by atoms with E-state index in [1.807, 2.05) is 0 Å². The average Bonchev–Trinajstić information content (AvgIpc) is 2.97. The number of fused-ring (bicyclic) bond motifs is 1. The summed E-state index contributed by atoms with van der Waals surface area (Å²) >= 11 is 0. The minimum atomic E-state index is -0.268. The quantitative estimate of drug-likeness (QED) is 0.196. The van der Waals surface area contributed by atoms with Crippen molar-refractivity contribution in [2.75, 3.05) is 21.1 Å². The Morgan fingerprint density at radius 2 is 0.950 bits per heavy atom. The second-order valence-electron chi connectivity index (χ2n) is 11.1. The van der Waals surface area contributed by atoms with Gasteiger partial charge in [0.15, 0.2) is 0 Å². The van der Waals surface area contributed by atoms with Crippen molar-refractivity contribution >= 4 is 16.5 Å². The Balaban J connectivity index is 1.49. The van der Waals surface area contributed by atoms with Crippen LogP contribution in [0.1, 0.15) is 0 Å². The highest BCUT2D eigenvalue weighted by molar-refractivity contribution is 6.00. The van der Waals surface area contributed by atoms with Gasteiger partial charge < -0.3 is 0 Å². The second kappa shape index (κ2) is 10.2. The SMILES string of the molecule is C[N+](C)(C)c1cccc(-c2ccc3c(-c4cc(-c5ccc(F)cc5)cc(-c5ccc(F)cc5)c4)cccc3c2)c1. The Morgan fingerprint density at radius 1 is 0.425 bits per heavy atom. The number of hydrogen-bond donors (Lipinski definition) is 0. The van der Waals surface area contributed by atoms with E-state index < -0.39 is 0 Å². The summed E-state index contributed by atoms with van der Waals surface area (Å²) in [6.45, 7) is 0. The molecule has 0 amide bonds. The lowest BCUT2D eigenvalue weighted by molar-refractivity contribution is 0.486. The Kier molecular flexibility index (Phi) is 6.53. The van der Waals surface area contributed by atoms with Crippen LogP contribution in [-0.4, -0.2) is 21.1 Å². The molecule has 6 aromatic rings. The van der Waals surface area contributed by atoms with Crippen LogP contribution >= 0.6 is 0 Å². The molecule has 0 aliphatic heterocycles. The van der Waals surface area contributed by atoms with Crippen molar-refractivity contribution in [2.45, 2.75) is 0 Å². The van der Waals surface area contributed by atoms with Crippen molar-refractivity contribution in [3.8, 4) is 44.5 Å². The molecule has 6 rings (SSSR count). The fourth-order valence-electron chi connectivity index (χ4n) is 5.22. The lowest BCUT2D eigenvalue weighted by atomic mass is 9.90. The van der Waals surface area contributed by atoms with Crippen LogP contribution in [0, 0.1) is 11.6 Å². The third kappa shape index (κ3) is 5.16. The molecule has 0 spiro atoms. The number of quaternary nitrogens is 1. The number of rotatable bonds is 5. The summed E-state index contributed by atoms with van der Waals surface area (Å²) in [5.41, 5.74) is 9.56. The van der Waals surface area contributed by atoms with Crippen molar-refractivity contribution in [3.63, 3.8) is 0 Å². The fraction of sp³-hybridized carbons (Fsp3) is 0.0811. The summed E-state index contributed by atoms with van der Waals surface area (Å²) in [4.78, 5) is 0. The van der Waals surface area contributed by atoms with E-state index >= 15 is 0 Å². The molecule has 0 fully saturated rings. The molecule has 0 radical (unpaired) electrons. The zero-order valence-electron chi connectivity index (χ0n) is 22.8. The molecule has 0 bridgehead atoms.